The topological polar surface area (TPSA) is 43.8 Å². The molecule has 2 aromatic carbocycles. The number of aliphatic hydroxyl groups is 1. The molecule has 166 valence electrons. The van der Waals surface area contributed by atoms with Gasteiger partial charge in [0.2, 0.25) is 0 Å². The first-order chi connectivity index (χ1) is 15.0. The minimum Gasteiger partial charge on any atom is -0.390 e. The molecule has 1 N–H and O–H groups in total. The molecule has 4 nitrogen and oxygen atoms in total. The summed E-state index contributed by atoms with van der Waals surface area (Å²) in [6.45, 7) is 6.72. The van der Waals surface area contributed by atoms with Crippen molar-refractivity contribution >= 4 is 5.91 Å². The maximum Gasteiger partial charge on any atom is 0.253 e. The van der Waals surface area contributed by atoms with Crippen molar-refractivity contribution in [3.63, 3.8) is 0 Å². The Balaban J connectivity index is 1.18. The summed E-state index contributed by atoms with van der Waals surface area (Å²) in [6.07, 6.45) is 5.77. The van der Waals surface area contributed by atoms with Crippen molar-refractivity contribution in [2.75, 3.05) is 32.7 Å². The highest BCUT2D eigenvalue weighted by molar-refractivity contribution is 5.94. The number of carbonyl (C=O) groups excluding carboxylic acids is 1. The van der Waals surface area contributed by atoms with Crippen LogP contribution in [0.2, 0.25) is 0 Å². The third-order valence-corrected chi connectivity index (χ3v) is 7.13. The molecule has 0 aromatic heterocycles. The van der Waals surface area contributed by atoms with Crippen LogP contribution in [0.25, 0.3) is 0 Å². The molecule has 31 heavy (non-hydrogen) atoms. The Bertz CT molecular complexity index is 841. The van der Waals surface area contributed by atoms with Gasteiger partial charge in [-0.1, -0.05) is 48.0 Å². The van der Waals surface area contributed by atoms with E-state index in [0.29, 0.717) is 5.92 Å². The molecule has 0 bridgehead atoms. The fraction of sp³-hybridized carbons (Fsp3) is 0.519. The van der Waals surface area contributed by atoms with Gasteiger partial charge in [-0.3, -0.25) is 4.79 Å². The number of hydrogen-bond acceptors (Lipinski definition) is 3. The first-order valence-corrected chi connectivity index (χ1v) is 11.9. The Morgan fingerprint density at radius 3 is 2.45 bits per heavy atom. The maximum atomic E-state index is 12.8. The van der Waals surface area contributed by atoms with Gasteiger partial charge in [-0.2, -0.15) is 0 Å². The number of rotatable bonds is 7. The number of nitrogens with zero attached hydrogens (tertiary/aromatic N) is 2. The molecule has 2 aromatic rings. The molecule has 2 fully saturated rings. The molecule has 2 aliphatic heterocycles. The Kier molecular flexibility index (Phi) is 7.09. The van der Waals surface area contributed by atoms with E-state index in [1.807, 2.05) is 36.1 Å². The van der Waals surface area contributed by atoms with Crippen LogP contribution in [0, 0.1) is 12.8 Å². The summed E-state index contributed by atoms with van der Waals surface area (Å²) in [4.78, 5) is 17.3. The van der Waals surface area contributed by atoms with Crippen molar-refractivity contribution in [1.29, 1.82) is 0 Å². The van der Waals surface area contributed by atoms with Crippen molar-refractivity contribution in [3.8, 4) is 0 Å². The second kappa shape index (κ2) is 9.97. The molecule has 2 saturated heterocycles. The highest BCUT2D eigenvalue weighted by atomic mass is 16.3. The zero-order valence-corrected chi connectivity index (χ0v) is 18.8. The lowest BCUT2D eigenvalue weighted by Crippen LogP contribution is -2.46. The van der Waals surface area contributed by atoms with Crippen LogP contribution in [0.3, 0.4) is 0 Å². The lowest BCUT2D eigenvalue weighted by molar-refractivity contribution is -0.0312. The molecule has 1 atom stereocenters. The van der Waals surface area contributed by atoms with Gasteiger partial charge in [0, 0.05) is 38.3 Å². The van der Waals surface area contributed by atoms with Crippen LogP contribution in [0.15, 0.2) is 54.6 Å². The Morgan fingerprint density at radius 2 is 1.74 bits per heavy atom. The molecule has 0 aliphatic carbocycles. The van der Waals surface area contributed by atoms with Gasteiger partial charge in [0.05, 0.1) is 5.60 Å². The highest BCUT2D eigenvalue weighted by Gasteiger charge is 2.34. The number of carbonyl (C=O) groups is 1. The number of amides is 1. The van der Waals surface area contributed by atoms with Crippen LogP contribution in [0.4, 0.5) is 0 Å². The van der Waals surface area contributed by atoms with Gasteiger partial charge in [0.1, 0.15) is 0 Å². The normalized spacial score (nSPS) is 21.4. The Hall–Kier alpha value is -2.17. The van der Waals surface area contributed by atoms with Gasteiger partial charge in [0.15, 0.2) is 0 Å². The molecule has 2 heterocycles. The van der Waals surface area contributed by atoms with E-state index >= 15 is 0 Å². The number of likely N-dealkylation sites (tertiary alicyclic amines) is 2. The second-order valence-electron chi connectivity index (χ2n) is 9.64. The molecule has 2 aliphatic rings. The van der Waals surface area contributed by atoms with E-state index in [1.54, 1.807) is 0 Å². The summed E-state index contributed by atoms with van der Waals surface area (Å²) in [7, 11) is 0. The summed E-state index contributed by atoms with van der Waals surface area (Å²) >= 11 is 0. The van der Waals surface area contributed by atoms with E-state index in [1.165, 1.54) is 11.1 Å². The van der Waals surface area contributed by atoms with Crippen LogP contribution in [0.5, 0.6) is 0 Å². The molecule has 1 amide bonds. The number of hydrogen-bond donors (Lipinski definition) is 1. The number of benzene rings is 2. The largest absolute Gasteiger partial charge is 0.390 e. The van der Waals surface area contributed by atoms with E-state index in [-0.39, 0.29) is 5.91 Å². The summed E-state index contributed by atoms with van der Waals surface area (Å²) in [6, 6.07) is 18.5. The Morgan fingerprint density at radius 1 is 1.03 bits per heavy atom. The van der Waals surface area contributed by atoms with Gasteiger partial charge in [-0.15, -0.1) is 0 Å². The summed E-state index contributed by atoms with van der Waals surface area (Å²) in [5.41, 5.74) is 2.83. The van der Waals surface area contributed by atoms with Crippen LogP contribution in [-0.4, -0.2) is 59.1 Å². The van der Waals surface area contributed by atoms with Crippen molar-refractivity contribution in [1.82, 2.24) is 9.80 Å². The molecule has 4 rings (SSSR count). The average Bonchev–Trinajstić information content (AvgIpc) is 3.25. The quantitative estimate of drug-likeness (QED) is 0.726. The van der Waals surface area contributed by atoms with E-state index in [2.05, 4.69) is 35.2 Å². The van der Waals surface area contributed by atoms with Gasteiger partial charge in [-0.25, -0.2) is 0 Å². The minimum atomic E-state index is -0.506. The fourth-order valence-corrected chi connectivity index (χ4v) is 5.08. The van der Waals surface area contributed by atoms with Crippen LogP contribution in [0.1, 0.15) is 53.6 Å². The zero-order valence-electron chi connectivity index (χ0n) is 18.8. The number of aryl methyl sites for hydroxylation is 2. The molecule has 4 heteroatoms. The van der Waals surface area contributed by atoms with Crippen LogP contribution >= 0.6 is 0 Å². The number of piperidine rings is 1. The van der Waals surface area contributed by atoms with Crippen LogP contribution in [-0.2, 0) is 6.42 Å². The molecule has 1 unspecified atom stereocenters. The molecular weight excluding hydrogens is 384 g/mol. The fourth-order valence-electron chi connectivity index (χ4n) is 5.08. The predicted octanol–water partition coefficient (Wildman–Crippen LogP) is 4.31. The maximum absolute atomic E-state index is 12.8. The summed E-state index contributed by atoms with van der Waals surface area (Å²) in [5, 5.41) is 11.0. The van der Waals surface area contributed by atoms with Gasteiger partial charge in [0.25, 0.3) is 5.91 Å². The lowest BCUT2D eigenvalue weighted by Gasteiger charge is -2.39. The van der Waals surface area contributed by atoms with E-state index < -0.39 is 5.60 Å². The summed E-state index contributed by atoms with van der Waals surface area (Å²) < 4.78 is 0. The summed E-state index contributed by atoms with van der Waals surface area (Å²) in [5.74, 6) is 0.701. The predicted molar refractivity (Wildman–Crippen MR) is 125 cm³/mol. The third kappa shape index (κ3) is 5.96. The first kappa shape index (κ1) is 22.0. The lowest BCUT2D eigenvalue weighted by atomic mass is 9.85. The van der Waals surface area contributed by atoms with E-state index in [0.717, 1.165) is 76.8 Å². The van der Waals surface area contributed by atoms with E-state index in [4.69, 9.17) is 0 Å². The second-order valence-corrected chi connectivity index (χ2v) is 9.64. The average molecular weight is 421 g/mol. The standard InChI is InChI=1S/C27H36N2O2/c1-22-9-11-25(12-10-22)26(30)29-17-13-24(21-29)20-28-18-15-27(31,16-19-28)14-5-8-23-6-3-2-4-7-23/h2-4,6-7,9-12,24,31H,5,8,13-21H2,1H3. The van der Waals surface area contributed by atoms with Gasteiger partial charge in [-0.05, 0) is 69.1 Å². The highest BCUT2D eigenvalue weighted by Crippen LogP contribution is 2.29. The zero-order chi connectivity index (χ0) is 21.7. The van der Waals surface area contributed by atoms with Crippen molar-refractivity contribution in [3.05, 3.63) is 71.3 Å². The third-order valence-electron chi connectivity index (χ3n) is 7.13. The molecule has 0 radical (unpaired) electrons. The van der Waals surface area contributed by atoms with Crippen molar-refractivity contribution in [2.24, 2.45) is 5.92 Å². The van der Waals surface area contributed by atoms with Gasteiger partial charge < -0.3 is 14.9 Å². The smallest absolute Gasteiger partial charge is 0.253 e. The molecule has 0 saturated carbocycles. The molecular formula is C27H36N2O2. The first-order valence-electron chi connectivity index (χ1n) is 11.9. The van der Waals surface area contributed by atoms with E-state index in [9.17, 15) is 9.90 Å². The SMILES string of the molecule is Cc1ccc(C(=O)N2CCC(CN3CCC(O)(CCCc4ccccc4)CC3)C2)cc1. The Labute approximate surface area is 186 Å². The monoisotopic (exact) mass is 420 g/mol. The van der Waals surface area contributed by atoms with Gasteiger partial charge >= 0.3 is 0 Å². The van der Waals surface area contributed by atoms with Crippen molar-refractivity contribution in [2.45, 2.75) is 51.0 Å². The van der Waals surface area contributed by atoms with Crippen LogP contribution < -0.4 is 0 Å². The molecule has 0 spiro atoms. The minimum absolute atomic E-state index is 0.161. The van der Waals surface area contributed by atoms with Crippen molar-refractivity contribution < 1.29 is 9.90 Å².